The fraction of sp³-hybridized carbons (Fsp3) is 0.0435. The summed E-state index contributed by atoms with van der Waals surface area (Å²) in [4.78, 5) is 27.1. The fourth-order valence-corrected chi connectivity index (χ4v) is 3.46. The highest BCUT2D eigenvalue weighted by Crippen LogP contribution is 2.33. The van der Waals surface area contributed by atoms with E-state index < -0.39 is 5.97 Å². The third-order valence-electron chi connectivity index (χ3n) is 4.93. The molecule has 0 saturated heterocycles. The van der Waals surface area contributed by atoms with Crippen molar-refractivity contribution in [2.24, 2.45) is 0 Å². The lowest BCUT2D eigenvalue weighted by molar-refractivity contribution is 0.0691. The molecule has 3 heterocycles. The van der Waals surface area contributed by atoms with Gasteiger partial charge in [-0.05, 0) is 54.6 Å². The van der Waals surface area contributed by atoms with E-state index in [0.29, 0.717) is 40.0 Å². The summed E-state index contributed by atoms with van der Waals surface area (Å²) >= 11 is 0. The van der Waals surface area contributed by atoms with Crippen molar-refractivity contribution in [1.82, 2.24) is 19.9 Å². The summed E-state index contributed by atoms with van der Waals surface area (Å²) in [7, 11) is 0. The van der Waals surface area contributed by atoms with Gasteiger partial charge in [-0.3, -0.25) is 0 Å². The van der Waals surface area contributed by atoms with Crippen molar-refractivity contribution in [2.75, 3.05) is 0 Å². The van der Waals surface area contributed by atoms with Crippen LogP contribution in [0.5, 0.6) is 5.75 Å². The Morgan fingerprint density at radius 1 is 1.06 bits per heavy atom. The van der Waals surface area contributed by atoms with E-state index in [-0.39, 0.29) is 11.5 Å². The van der Waals surface area contributed by atoms with Crippen LogP contribution in [0.15, 0.2) is 67.1 Å². The molecule has 0 spiro atoms. The van der Waals surface area contributed by atoms with E-state index in [1.807, 2.05) is 0 Å². The van der Waals surface area contributed by atoms with Crippen LogP contribution in [0, 0.1) is 5.82 Å². The molecule has 0 aliphatic carbocycles. The molecule has 7 nitrogen and oxygen atoms in total. The van der Waals surface area contributed by atoms with Crippen molar-refractivity contribution in [2.45, 2.75) is 6.61 Å². The average Bonchev–Trinajstić information content (AvgIpc) is 3.15. The van der Waals surface area contributed by atoms with Crippen LogP contribution in [0.3, 0.4) is 0 Å². The zero-order valence-electron chi connectivity index (χ0n) is 16.0. The molecular formula is C23H15FN4O3. The predicted molar refractivity (Wildman–Crippen MR) is 112 cm³/mol. The van der Waals surface area contributed by atoms with Gasteiger partial charge in [-0.15, -0.1) is 0 Å². The number of aromatic amines is 1. The van der Waals surface area contributed by atoms with E-state index in [2.05, 4.69) is 19.9 Å². The van der Waals surface area contributed by atoms with Crippen LogP contribution in [0.4, 0.5) is 4.39 Å². The first-order valence-electron chi connectivity index (χ1n) is 9.42. The molecule has 152 valence electrons. The number of nitrogens with zero attached hydrogens (tertiary/aromatic N) is 3. The second kappa shape index (κ2) is 7.49. The monoisotopic (exact) mass is 414 g/mol. The number of ether oxygens (including phenoxy) is 1. The maximum absolute atomic E-state index is 13.7. The Kier molecular flexibility index (Phi) is 4.51. The molecule has 0 bridgehead atoms. The summed E-state index contributed by atoms with van der Waals surface area (Å²) in [6.45, 7) is 0.298. The summed E-state index contributed by atoms with van der Waals surface area (Å²) in [6, 6.07) is 14.8. The average molecular weight is 414 g/mol. The zero-order valence-corrected chi connectivity index (χ0v) is 16.0. The molecule has 0 radical (unpaired) electrons. The molecule has 0 atom stereocenters. The summed E-state index contributed by atoms with van der Waals surface area (Å²) in [5.41, 5.74) is 3.05. The van der Waals surface area contributed by atoms with E-state index in [0.717, 1.165) is 11.1 Å². The van der Waals surface area contributed by atoms with Gasteiger partial charge in [0, 0.05) is 28.0 Å². The molecule has 2 aromatic carbocycles. The standard InChI is InChI=1S/C23H15FN4O3/c24-14-3-6-17-18-10-20(23(29)30)28-21(22(18)27-19(17)9-14)13-1-4-16(5-2-13)31-11-15-7-8-25-12-26-15/h1-10,12,27H,11H2,(H,29,30). The van der Waals surface area contributed by atoms with E-state index in [4.69, 9.17) is 4.74 Å². The third kappa shape index (κ3) is 3.55. The Labute approximate surface area is 175 Å². The number of rotatable bonds is 5. The molecule has 31 heavy (non-hydrogen) atoms. The highest BCUT2D eigenvalue weighted by atomic mass is 19.1. The van der Waals surface area contributed by atoms with Gasteiger partial charge in [-0.25, -0.2) is 24.1 Å². The highest BCUT2D eigenvalue weighted by Gasteiger charge is 2.17. The summed E-state index contributed by atoms with van der Waals surface area (Å²) in [5, 5.41) is 10.9. The number of hydrogen-bond donors (Lipinski definition) is 2. The van der Waals surface area contributed by atoms with Crippen LogP contribution < -0.4 is 4.74 Å². The first kappa shape index (κ1) is 18.7. The van der Waals surface area contributed by atoms with Crippen molar-refractivity contribution < 1.29 is 19.0 Å². The van der Waals surface area contributed by atoms with E-state index >= 15 is 0 Å². The molecule has 0 fully saturated rings. The number of halogens is 1. The van der Waals surface area contributed by atoms with Crippen molar-refractivity contribution in [1.29, 1.82) is 0 Å². The zero-order chi connectivity index (χ0) is 21.4. The van der Waals surface area contributed by atoms with Gasteiger partial charge in [0.25, 0.3) is 0 Å². The Hall–Kier alpha value is -4.33. The Bertz CT molecular complexity index is 1420. The van der Waals surface area contributed by atoms with Crippen LogP contribution >= 0.6 is 0 Å². The van der Waals surface area contributed by atoms with E-state index in [9.17, 15) is 14.3 Å². The van der Waals surface area contributed by atoms with Gasteiger partial charge in [0.15, 0.2) is 0 Å². The molecule has 0 aliphatic rings. The second-order valence-corrected chi connectivity index (χ2v) is 6.91. The largest absolute Gasteiger partial charge is 0.487 e. The maximum atomic E-state index is 13.7. The van der Waals surface area contributed by atoms with Gasteiger partial charge in [0.1, 0.15) is 30.2 Å². The van der Waals surface area contributed by atoms with E-state index in [1.54, 1.807) is 42.6 Å². The number of fused-ring (bicyclic) bond motifs is 3. The van der Waals surface area contributed by atoms with Crippen LogP contribution in [0.1, 0.15) is 16.2 Å². The summed E-state index contributed by atoms with van der Waals surface area (Å²) < 4.78 is 19.4. The van der Waals surface area contributed by atoms with Gasteiger partial charge in [-0.2, -0.15) is 0 Å². The number of hydrogen-bond acceptors (Lipinski definition) is 5. The molecular weight excluding hydrogens is 399 g/mol. The van der Waals surface area contributed by atoms with Gasteiger partial charge < -0.3 is 14.8 Å². The molecule has 2 N–H and O–H groups in total. The first-order chi connectivity index (χ1) is 15.1. The Morgan fingerprint density at radius 2 is 1.90 bits per heavy atom. The minimum atomic E-state index is -1.13. The number of aromatic nitrogens is 4. The lowest BCUT2D eigenvalue weighted by Gasteiger charge is -2.08. The lowest BCUT2D eigenvalue weighted by Crippen LogP contribution is -2.02. The summed E-state index contributed by atoms with van der Waals surface area (Å²) in [5.74, 6) is -0.881. The lowest BCUT2D eigenvalue weighted by atomic mass is 10.1. The predicted octanol–water partition coefficient (Wildman–Crippen LogP) is 4.59. The SMILES string of the molecule is O=C(O)c1cc2c([nH]c3cc(F)ccc32)c(-c2ccc(OCc3ccncn3)cc2)n1. The Balaban J connectivity index is 1.55. The van der Waals surface area contributed by atoms with Gasteiger partial charge in [0.05, 0.1) is 16.9 Å². The third-order valence-corrected chi connectivity index (χ3v) is 4.93. The molecule has 0 saturated carbocycles. The van der Waals surface area contributed by atoms with E-state index in [1.165, 1.54) is 24.5 Å². The molecule has 3 aromatic heterocycles. The minimum Gasteiger partial charge on any atom is -0.487 e. The van der Waals surface area contributed by atoms with Crippen LogP contribution in [0.25, 0.3) is 33.1 Å². The van der Waals surface area contributed by atoms with Crippen molar-refractivity contribution in [3.8, 4) is 17.0 Å². The molecule has 5 aromatic rings. The molecule has 5 rings (SSSR count). The van der Waals surface area contributed by atoms with Crippen LogP contribution in [-0.2, 0) is 6.61 Å². The number of carbonyl (C=O) groups is 1. The van der Waals surface area contributed by atoms with Crippen LogP contribution in [0.2, 0.25) is 0 Å². The quantitative estimate of drug-likeness (QED) is 0.436. The van der Waals surface area contributed by atoms with Gasteiger partial charge >= 0.3 is 5.97 Å². The number of nitrogens with one attached hydrogen (secondary N) is 1. The number of aromatic carboxylic acids is 1. The first-order valence-corrected chi connectivity index (χ1v) is 9.42. The van der Waals surface area contributed by atoms with Crippen LogP contribution in [-0.4, -0.2) is 31.0 Å². The summed E-state index contributed by atoms with van der Waals surface area (Å²) in [6.07, 6.45) is 3.10. The number of pyridine rings is 1. The minimum absolute atomic E-state index is 0.0863. The number of H-pyrrole nitrogens is 1. The second-order valence-electron chi connectivity index (χ2n) is 6.91. The topological polar surface area (TPSA) is 101 Å². The number of carboxylic acids is 1. The van der Waals surface area contributed by atoms with Crippen molar-refractivity contribution in [3.05, 3.63) is 84.3 Å². The molecule has 0 aliphatic heterocycles. The molecule has 0 unspecified atom stereocenters. The maximum Gasteiger partial charge on any atom is 0.354 e. The normalized spacial score (nSPS) is 11.1. The number of carboxylic acid groups (broad SMARTS) is 1. The van der Waals surface area contributed by atoms with Gasteiger partial charge in [-0.1, -0.05) is 0 Å². The fourth-order valence-electron chi connectivity index (χ4n) is 3.46. The Morgan fingerprint density at radius 3 is 2.65 bits per heavy atom. The van der Waals surface area contributed by atoms with Crippen molar-refractivity contribution in [3.63, 3.8) is 0 Å². The molecule has 0 amide bonds. The smallest absolute Gasteiger partial charge is 0.354 e. The van der Waals surface area contributed by atoms with Gasteiger partial charge in [0.2, 0.25) is 0 Å². The molecule has 8 heteroatoms. The number of benzene rings is 2. The highest BCUT2D eigenvalue weighted by molar-refractivity contribution is 6.12. The van der Waals surface area contributed by atoms with Crippen molar-refractivity contribution >= 4 is 27.8 Å².